The number of benzene rings is 1. The molecule has 1 aromatic rings. The molecule has 0 radical (unpaired) electrons. The van der Waals surface area contributed by atoms with E-state index in [1.165, 1.54) is 6.07 Å². The zero-order chi connectivity index (χ0) is 19.2. The number of nitrogens with one attached hydrogen (secondary N) is 1. The SMILES string of the molecule is CCNC(=NCc1ccc(F)c(Cl)c1)N1CCN(C(=O)C2CCCO2)CC1. The summed E-state index contributed by atoms with van der Waals surface area (Å²) in [6.07, 6.45) is 1.52. The number of carbonyl (C=O) groups excluding carboxylic acids is 1. The highest BCUT2D eigenvalue weighted by Crippen LogP contribution is 2.18. The van der Waals surface area contributed by atoms with Crippen LogP contribution in [0, 0.1) is 5.82 Å². The minimum Gasteiger partial charge on any atom is -0.368 e. The largest absolute Gasteiger partial charge is 0.368 e. The normalized spacial score (nSPS) is 20.9. The Labute approximate surface area is 164 Å². The summed E-state index contributed by atoms with van der Waals surface area (Å²) < 4.78 is 18.8. The lowest BCUT2D eigenvalue weighted by Gasteiger charge is -2.37. The number of carbonyl (C=O) groups is 1. The summed E-state index contributed by atoms with van der Waals surface area (Å²) in [4.78, 5) is 21.1. The smallest absolute Gasteiger partial charge is 0.251 e. The van der Waals surface area contributed by atoms with E-state index in [4.69, 9.17) is 16.3 Å². The van der Waals surface area contributed by atoms with Crippen molar-refractivity contribution in [2.45, 2.75) is 32.4 Å². The molecule has 8 heteroatoms. The number of rotatable bonds is 4. The Morgan fingerprint density at radius 2 is 2.07 bits per heavy atom. The number of guanidine groups is 1. The molecule has 0 bridgehead atoms. The van der Waals surface area contributed by atoms with Gasteiger partial charge in [0, 0.05) is 39.3 Å². The third-order valence-corrected chi connectivity index (χ3v) is 5.12. The maximum absolute atomic E-state index is 13.3. The van der Waals surface area contributed by atoms with Crippen LogP contribution in [-0.4, -0.2) is 67.1 Å². The molecule has 1 aromatic carbocycles. The monoisotopic (exact) mass is 396 g/mol. The van der Waals surface area contributed by atoms with Gasteiger partial charge in [-0.05, 0) is 37.5 Å². The number of piperazine rings is 1. The van der Waals surface area contributed by atoms with Crippen molar-refractivity contribution in [2.75, 3.05) is 39.3 Å². The van der Waals surface area contributed by atoms with Gasteiger partial charge < -0.3 is 19.9 Å². The standard InChI is InChI=1S/C19H26ClFN4O2/c1-2-22-19(23-13-14-5-6-16(21)15(20)12-14)25-9-7-24(8-10-25)18(26)17-4-3-11-27-17/h5-6,12,17H,2-4,7-11,13H2,1H3,(H,22,23). The highest BCUT2D eigenvalue weighted by molar-refractivity contribution is 6.30. The van der Waals surface area contributed by atoms with E-state index in [-0.39, 0.29) is 17.0 Å². The second-order valence-electron chi connectivity index (χ2n) is 6.73. The molecule has 0 aromatic heterocycles. The summed E-state index contributed by atoms with van der Waals surface area (Å²) in [5, 5.41) is 3.39. The molecule has 2 heterocycles. The van der Waals surface area contributed by atoms with Gasteiger partial charge in [0.15, 0.2) is 5.96 Å². The zero-order valence-corrected chi connectivity index (χ0v) is 16.3. The van der Waals surface area contributed by atoms with Crippen LogP contribution in [0.15, 0.2) is 23.2 Å². The Morgan fingerprint density at radius 3 is 2.70 bits per heavy atom. The molecule has 1 N–H and O–H groups in total. The molecule has 6 nitrogen and oxygen atoms in total. The van der Waals surface area contributed by atoms with E-state index in [0.717, 1.165) is 30.9 Å². The first-order valence-corrected chi connectivity index (χ1v) is 9.84. The third kappa shape index (κ3) is 5.11. The van der Waals surface area contributed by atoms with E-state index in [1.807, 2.05) is 11.8 Å². The topological polar surface area (TPSA) is 57.2 Å². The number of hydrogen-bond acceptors (Lipinski definition) is 3. The summed E-state index contributed by atoms with van der Waals surface area (Å²) in [5.41, 5.74) is 0.851. The Bertz CT molecular complexity index is 686. The molecule has 148 valence electrons. The van der Waals surface area contributed by atoms with Crippen LogP contribution in [0.2, 0.25) is 5.02 Å². The van der Waals surface area contributed by atoms with E-state index < -0.39 is 5.82 Å². The molecular weight excluding hydrogens is 371 g/mol. The quantitative estimate of drug-likeness (QED) is 0.626. The van der Waals surface area contributed by atoms with Gasteiger partial charge in [-0.3, -0.25) is 4.79 Å². The molecule has 2 aliphatic heterocycles. The molecule has 2 aliphatic rings. The Balaban J connectivity index is 1.58. The lowest BCUT2D eigenvalue weighted by atomic mass is 10.2. The maximum Gasteiger partial charge on any atom is 0.251 e. The Hall–Kier alpha value is -1.86. The molecule has 27 heavy (non-hydrogen) atoms. The first-order valence-electron chi connectivity index (χ1n) is 9.46. The minimum atomic E-state index is -0.427. The number of amides is 1. The summed E-state index contributed by atoms with van der Waals surface area (Å²) in [6.45, 7) is 6.61. The number of nitrogens with zero attached hydrogens (tertiary/aromatic N) is 3. The van der Waals surface area contributed by atoms with Gasteiger partial charge in [-0.25, -0.2) is 9.38 Å². The molecular formula is C19H26ClFN4O2. The van der Waals surface area contributed by atoms with Crippen molar-refractivity contribution in [3.63, 3.8) is 0 Å². The van der Waals surface area contributed by atoms with Crippen molar-refractivity contribution >= 4 is 23.5 Å². The molecule has 0 saturated carbocycles. The van der Waals surface area contributed by atoms with Crippen molar-refractivity contribution in [1.82, 2.24) is 15.1 Å². The van der Waals surface area contributed by atoms with Crippen molar-refractivity contribution in [3.8, 4) is 0 Å². The van der Waals surface area contributed by atoms with Crippen molar-refractivity contribution in [2.24, 2.45) is 4.99 Å². The molecule has 1 amide bonds. The van der Waals surface area contributed by atoms with Gasteiger partial charge in [-0.1, -0.05) is 17.7 Å². The molecule has 2 fully saturated rings. The van der Waals surface area contributed by atoms with Crippen LogP contribution in [0.5, 0.6) is 0 Å². The molecule has 1 atom stereocenters. The average Bonchev–Trinajstić information content (AvgIpc) is 3.22. The second-order valence-corrected chi connectivity index (χ2v) is 7.14. The highest BCUT2D eigenvalue weighted by atomic mass is 35.5. The van der Waals surface area contributed by atoms with Crippen LogP contribution >= 0.6 is 11.6 Å². The fraction of sp³-hybridized carbons (Fsp3) is 0.579. The van der Waals surface area contributed by atoms with Crippen molar-refractivity contribution in [3.05, 3.63) is 34.6 Å². The first-order chi connectivity index (χ1) is 13.1. The Morgan fingerprint density at radius 1 is 1.33 bits per heavy atom. The summed E-state index contributed by atoms with van der Waals surface area (Å²) in [5.74, 6) is 0.473. The van der Waals surface area contributed by atoms with Gasteiger partial charge in [0.1, 0.15) is 11.9 Å². The van der Waals surface area contributed by atoms with Crippen LogP contribution in [0.25, 0.3) is 0 Å². The van der Waals surface area contributed by atoms with Crippen molar-refractivity contribution in [1.29, 1.82) is 0 Å². The number of ether oxygens (including phenoxy) is 1. The number of hydrogen-bond donors (Lipinski definition) is 1. The van der Waals surface area contributed by atoms with E-state index >= 15 is 0 Å². The summed E-state index contributed by atoms with van der Waals surface area (Å²) in [6, 6.07) is 4.64. The van der Waals surface area contributed by atoms with E-state index in [9.17, 15) is 9.18 Å². The average molecular weight is 397 g/mol. The highest BCUT2D eigenvalue weighted by Gasteiger charge is 2.30. The van der Waals surface area contributed by atoms with Crippen LogP contribution in [0.1, 0.15) is 25.3 Å². The van der Waals surface area contributed by atoms with Gasteiger partial charge >= 0.3 is 0 Å². The van der Waals surface area contributed by atoms with Crippen LogP contribution in [-0.2, 0) is 16.1 Å². The third-order valence-electron chi connectivity index (χ3n) is 4.83. The Kier molecular flexibility index (Phi) is 6.90. The molecule has 3 rings (SSSR count). The van der Waals surface area contributed by atoms with Crippen LogP contribution < -0.4 is 5.32 Å². The molecule has 2 saturated heterocycles. The predicted molar refractivity (Wildman–Crippen MR) is 103 cm³/mol. The minimum absolute atomic E-state index is 0.106. The van der Waals surface area contributed by atoms with Crippen molar-refractivity contribution < 1.29 is 13.9 Å². The van der Waals surface area contributed by atoms with E-state index in [0.29, 0.717) is 39.3 Å². The summed E-state index contributed by atoms with van der Waals surface area (Å²) >= 11 is 5.84. The van der Waals surface area contributed by atoms with Gasteiger partial charge in [-0.15, -0.1) is 0 Å². The second kappa shape index (κ2) is 9.37. The van der Waals surface area contributed by atoms with E-state index in [1.54, 1.807) is 12.1 Å². The number of aliphatic imine (C=N–C) groups is 1. The lowest BCUT2D eigenvalue weighted by Crippen LogP contribution is -2.55. The van der Waals surface area contributed by atoms with Crippen LogP contribution in [0.4, 0.5) is 4.39 Å². The molecule has 0 aliphatic carbocycles. The fourth-order valence-electron chi connectivity index (χ4n) is 3.34. The number of halogens is 2. The van der Waals surface area contributed by atoms with Gasteiger partial charge in [0.25, 0.3) is 5.91 Å². The maximum atomic E-state index is 13.3. The summed E-state index contributed by atoms with van der Waals surface area (Å²) in [7, 11) is 0. The predicted octanol–water partition coefficient (Wildman–Crippen LogP) is 2.27. The zero-order valence-electron chi connectivity index (χ0n) is 15.6. The molecule has 0 spiro atoms. The lowest BCUT2D eigenvalue weighted by molar-refractivity contribution is -0.142. The molecule has 1 unspecified atom stereocenters. The van der Waals surface area contributed by atoms with Crippen LogP contribution in [0.3, 0.4) is 0 Å². The van der Waals surface area contributed by atoms with E-state index in [2.05, 4.69) is 15.2 Å². The fourth-order valence-corrected chi connectivity index (χ4v) is 3.55. The van der Waals surface area contributed by atoms with Gasteiger partial charge in [-0.2, -0.15) is 0 Å². The van der Waals surface area contributed by atoms with Gasteiger partial charge in [0.2, 0.25) is 0 Å². The first kappa shape index (κ1) is 19.9. The van der Waals surface area contributed by atoms with Gasteiger partial charge in [0.05, 0.1) is 11.6 Å².